The van der Waals surface area contributed by atoms with Crippen LogP contribution in [0.15, 0.2) is 60.7 Å². The van der Waals surface area contributed by atoms with E-state index < -0.39 is 14.7 Å². The van der Waals surface area contributed by atoms with E-state index in [1.165, 1.54) is 0 Å². The third-order valence-corrected chi connectivity index (χ3v) is 9.92. The van der Waals surface area contributed by atoms with Crippen molar-refractivity contribution in [2.45, 2.75) is 13.8 Å². The number of benzene rings is 2. The van der Waals surface area contributed by atoms with Gasteiger partial charge in [-0.15, -0.1) is 0 Å². The lowest BCUT2D eigenvalue weighted by molar-refractivity contribution is 0.224. The smallest absolute Gasteiger partial charge is 0.313 e. The number of hydrogen-bond acceptors (Lipinski definition) is 4. The van der Waals surface area contributed by atoms with Crippen molar-refractivity contribution < 1.29 is 18.2 Å². The summed E-state index contributed by atoms with van der Waals surface area (Å²) in [4.78, 5) is 0. The summed E-state index contributed by atoms with van der Waals surface area (Å²) in [5.74, 6) is -0.129. The minimum Gasteiger partial charge on any atom is -0.313 e. The summed E-state index contributed by atoms with van der Waals surface area (Å²) >= 11 is 0. The van der Waals surface area contributed by atoms with Gasteiger partial charge >= 0.3 is 7.60 Å². The molecule has 0 fully saturated rings. The van der Waals surface area contributed by atoms with Crippen LogP contribution in [0.3, 0.4) is 0 Å². The molecule has 0 atom stereocenters. The Balaban J connectivity index is 2.51. The fourth-order valence-corrected chi connectivity index (χ4v) is 8.78. The zero-order chi connectivity index (χ0) is 16.8. The Hall–Kier alpha value is -1.18. The van der Waals surface area contributed by atoms with E-state index in [-0.39, 0.29) is 19.1 Å². The van der Waals surface area contributed by atoms with Gasteiger partial charge in [0.15, 0.2) is 7.14 Å². The molecule has 0 aromatic heterocycles. The first-order chi connectivity index (χ1) is 11.0. The van der Waals surface area contributed by atoms with Gasteiger partial charge in [0.25, 0.3) is 0 Å². The summed E-state index contributed by atoms with van der Waals surface area (Å²) in [7, 11) is -6.55. The molecule has 6 heteroatoms. The minimum atomic E-state index is -3.43. The Morgan fingerprint density at radius 1 is 0.739 bits per heavy atom. The molecule has 0 saturated heterocycles. The predicted octanol–water partition coefficient (Wildman–Crippen LogP) is 4.22. The maximum atomic E-state index is 13.8. The maximum Gasteiger partial charge on any atom is 0.338 e. The Kier molecular flexibility index (Phi) is 6.38. The van der Waals surface area contributed by atoms with Crippen LogP contribution in [0, 0.1) is 0 Å². The van der Waals surface area contributed by atoms with Gasteiger partial charge in [0.2, 0.25) is 0 Å². The SMILES string of the molecule is CCOP(=O)(CP(=O)(c1ccccc1)c1ccccc1)OCC. The monoisotopic (exact) mass is 352 g/mol. The second-order valence-corrected chi connectivity index (χ2v) is 10.4. The zero-order valence-electron chi connectivity index (χ0n) is 13.4. The molecule has 23 heavy (non-hydrogen) atoms. The van der Waals surface area contributed by atoms with E-state index in [0.717, 1.165) is 0 Å². The van der Waals surface area contributed by atoms with Gasteiger partial charge in [-0.05, 0) is 13.8 Å². The van der Waals surface area contributed by atoms with Crippen molar-refractivity contribution in [2.24, 2.45) is 0 Å². The van der Waals surface area contributed by atoms with Crippen molar-refractivity contribution in [2.75, 3.05) is 19.1 Å². The molecule has 2 rings (SSSR count). The molecule has 2 aromatic carbocycles. The summed E-state index contributed by atoms with van der Waals surface area (Å²) in [5, 5.41) is 1.32. The Bertz CT molecular complexity index is 648. The van der Waals surface area contributed by atoms with Crippen LogP contribution >= 0.6 is 14.7 Å². The lowest BCUT2D eigenvalue weighted by atomic mass is 10.4. The molecule has 0 aliphatic rings. The van der Waals surface area contributed by atoms with Gasteiger partial charge < -0.3 is 13.6 Å². The first-order valence-electron chi connectivity index (χ1n) is 7.62. The van der Waals surface area contributed by atoms with E-state index in [0.29, 0.717) is 10.6 Å². The average molecular weight is 352 g/mol. The van der Waals surface area contributed by atoms with Crippen molar-refractivity contribution in [3.63, 3.8) is 0 Å². The van der Waals surface area contributed by atoms with Gasteiger partial charge in [0, 0.05) is 10.6 Å². The number of hydrogen-bond donors (Lipinski definition) is 0. The quantitative estimate of drug-likeness (QED) is 0.668. The molecule has 124 valence electrons. The van der Waals surface area contributed by atoms with Crippen LogP contribution in [0.25, 0.3) is 0 Å². The summed E-state index contributed by atoms with van der Waals surface area (Å²) in [6.07, 6.45) is 0. The standard InChI is InChI=1S/C17H22O4P2/c1-3-20-23(19,21-4-2)15-22(18,16-11-7-5-8-12-16)17-13-9-6-10-14-17/h5-14H,3-4,15H2,1-2H3. The van der Waals surface area contributed by atoms with Crippen LogP contribution < -0.4 is 10.6 Å². The minimum absolute atomic E-state index is 0.129. The van der Waals surface area contributed by atoms with Crippen LogP contribution in [0.4, 0.5) is 0 Å². The van der Waals surface area contributed by atoms with E-state index in [1.54, 1.807) is 38.1 Å². The van der Waals surface area contributed by atoms with Gasteiger partial charge in [-0.2, -0.15) is 0 Å². The van der Waals surface area contributed by atoms with E-state index >= 15 is 0 Å². The summed E-state index contributed by atoms with van der Waals surface area (Å²) in [6.45, 7) is 4.00. The molecule has 0 saturated carbocycles. The lowest BCUT2D eigenvalue weighted by Crippen LogP contribution is -2.19. The van der Waals surface area contributed by atoms with Crippen molar-refractivity contribution in [3.8, 4) is 0 Å². The molecular formula is C17H22O4P2. The molecule has 0 N–H and O–H groups in total. The molecule has 0 bridgehead atoms. The predicted molar refractivity (Wildman–Crippen MR) is 95.5 cm³/mol. The van der Waals surface area contributed by atoms with E-state index in [9.17, 15) is 9.13 Å². The van der Waals surface area contributed by atoms with Gasteiger partial charge in [-0.25, -0.2) is 0 Å². The second kappa shape index (κ2) is 8.08. The largest absolute Gasteiger partial charge is 0.338 e. The van der Waals surface area contributed by atoms with E-state index in [4.69, 9.17) is 9.05 Å². The van der Waals surface area contributed by atoms with Crippen molar-refractivity contribution in [1.82, 2.24) is 0 Å². The molecule has 0 heterocycles. The van der Waals surface area contributed by atoms with Crippen LogP contribution in [0.1, 0.15) is 13.8 Å². The van der Waals surface area contributed by atoms with Crippen LogP contribution in [0.2, 0.25) is 0 Å². The van der Waals surface area contributed by atoms with Gasteiger partial charge in [0.1, 0.15) is 5.90 Å². The van der Waals surface area contributed by atoms with Crippen molar-refractivity contribution in [3.05, 3.63) is 60.7 Å². The van der Waals surface area contributed by atoms with E-state index in [1.807, 2.05) is 36.4 Å². The molecule has 4 nitrogen and oxygen atoms in total. The van der Waals surface area contributed by atoms with Crippen LogP contribution in [-0.4, -0.2) is 19.1 Å². The third kappa shape index (κ3) is 4.43. The molecule has 0 aliphatic carbocycles. The zero-order valence-corrected chi connectivity index (χ0v) is 15.2. The third-order valence-electron chi connectivity index (χ3n) is 3.37. The highest BCUT2D eigenvalue weighted by atomic mass is 31.2. The summed E-state index contributed by atoms with van der Waals surface area (Å²) in [5.41, 5.74) is 0. The van der Waals surface area contributed by atoms with Crippen LogP contribution in [0.5, 0.6) is 0 Å². The molecule has 0 unspecified atom stereocenters. The van der Waals surface area contributed by atoms with Crippen molar-refractivity contribution >= 4 is 25.3 Å². The fraction of sp³-hybridized carbons (Fsp3) is 0.294. The maximum absolute atomic E-state index is 13.8. The second-order valence-electron chi connectivity index (χ2n) is 5.00. The van der Waals surface area contributed by atoms with Gasteiger partial charge in [-0.1, -0.05) is 60.7 Å². The Labute approximate surface area is 137 Å². The van der Waals surface area contributed by atoms with Crippen LogP contribution in [-0.2, 0) is 18.2 Å². The normalized spacial score (nSPS) is 12.3. The average Bonchev–Trinajstić information content (AvgIpc) is 2.56. The van der Waals surface area contributed by atoms with E-state index in [2.05, 4.69) is 0 Å². The van der Waals surface area contributed by atoms with Gasteiger partial charge in [0.05, 0.1) is 13.2 Å². The topological polar surface area (TPSA) is 52.6 Å². The first-order valence-corrected chi connectivity index (χ1v) is 11.2. The molecule has 2 aromatic rings. The molecule has 0 amide bonds. The molecular weight excluding hydrogens is 330 g/mol. The summed E-state index contributed by atoms with van der Waals surface area (Å²) in [6, 6.07) is 18.3. The highest BCUT2D eigenvalue weighted by Crippen LogP contribution is 2.61. The number of rotatable bonds is 8. The molecule has 0 aliphatic heterocycles. The van der Waals surface area contributed by atoms with Gasteiger partial charge in [-0.3, -0.25) is 4.57 Å². The molecule has 0 radical (unpaired) electrons. The molecule has 0 spiro atoms. The Morgan fingerprint density at radius 3 is 1.48 bits per heavy atom. The Morgan fingerprint density at radius 2 is 1.13 bits per heavy atom. The van der Waals surface area contributed by atoms with Crippen molar-refractivity contribution in [1.29, 1.82) is 0 Å². The lowest BCUT2D eigenvalue weighted by Gasteiger charge is -2.24. The first kappa shape index (κ1) is 18.2. The fourth-order valence-electron chi connectivity index (χ4n) is 2.41. The summed E-state index contributed by atoms with van der Waals surface area (Å²) < 4.78 is 37.5. The highest BCUT2D eigenvalue weighted by molar-refractivity contribution is 7.86. The highest BCUT2D eigenvalue weighted by Gasteiger charge is 2.38.